The summed E-state index contributed by atoms with van der Waals surface area (Å²) in [6.45, 7) is 5.81. The van der Waals surface area contributed by atoms with Gasteiger partial charge in [0, 0.05) is 17.6 Å². The third kappa shape index (κ3) is 10.1. The van der Waals surface area contributed by atoms with E-state index in [0.29, 0.717) is 11.7 Å². The van der Waals surface area contributed by atoms with Crippen molar-refractivity contribution >= 4 is 17.7 Å². The number of esters is 1. The van der Waals surface area contributed by atoms with E-state index in [4.69, 9.17) is 4.74 Å². The lowest BCUT2D eigenvalue weighted by Gasteiger charge is -2.09. The molecule has 1 atom stereocenters. The highest BCUT2D eigenvalue weighted by molar-refractivity contribution is 7.99. The van der Waals surface area contributed by atoms with Crippen LogP contribution in [0.4, 0.5) is 0 Å². The number of carbonyl (C=O) groups is 1. The Morgan fingerprint density at radius 3 is 2.73 bits per heavy atom. The molecule has 0 N–H and O–H groups in total. The summed E-state index contributed by atoms with van der Waals surface area (Å²) in [6, 6.07) is 0. The lowest BCUT2D eigenvalue weighted by atomic mass is 10.3. The Morgan fingerprint density at radius 1 is 1.40 bits per heavy atom. The molecule has 0 heterocycles. The van der Waals surface area contributed by atoms with E-state index < -0.39 is 0 Å². The number of rotatable bonds is 9. The number of methoxy groups -OCH3 is 1. The number of hydrogen-bond acceptors (Lipinski definition) is 4. The van der Waals surface area contributed by atoms with E-state index in [-0.39, 0.29) is 5.97 Å². The Morgan fingerprint density at radius 2 is 2.13 bits per heavy atom. The lowest BCUT2D eigenvalue weighted by molar-refractivity contribution is -0.140. The average molecular weight is 234 g/mol. The number of hydrogen-bond donors (Lipinski definition) is 0. The zero-order chi connectivity index (χ0) is 11.5. The van der Waals surface area contributed by atoms with Gasteiger partial charge >= 0.3 is 5.97 Å². The predicted octanol–water partition coefficient (Wildman–Crippen LogP) is 2.49. The van der Waals surface area contributed by atoms with Gasteiger partial charge in [0.05, 0.1) is 20.1 Å². The summed E-state index contributed by atoms with van der Waals surface area (Å²) >= 11 is 1.75. The van der Waals surface area contributed by atoms with Crippen molar-refractivity contribution < 1.29 is 14.3 Å². The molecule has 0 aliphatic heterocycles. The third-order valence-electron chi connectivity index (χ3n) is 1.95. The van der Waals surface area contributed by atoms with Crippen LogP contribution in [0.15, 0.2) is 0 Å². The Labute approximate surface area is 96.9 Å². The van der Waals surface area contributed by atoms with Gasteiger partial charge in [-0.05, 0) is 6.42 Å². The van der Waals surface area contributed by atoms with Crippen LogP contribution >= 0.6 is 11.8 Å². The van der Waals surface area contributed by atoms with E-state index in [0.717, 1.165) is 25.4 Å². The summed E-state index contributed by atoms with van der Waals surface area (Å²) in [5, 5.41) is 0.312. The lowest BCUT2D eigenvalue weighted by Crippen LogP contribution is -2.10. The molecule has 0 saturated heterocycles. The first-order chi connectivity index (χ1) is 7.20. The molecule has 4 heteroatoms. The van der Waals surface area contributed by atoms with Crippen molar-refractivity contribution in [2.45, 2.75) is 38.4 Å². The van der Waals surface area contributed by atoms with E-state index in [1.165, 1.54) is 13.5 Å². The van der Waals surface area contributed by atoms with Crippen LogP contribution in [0.3, 0.4) is 0 Å². The molecule has 0 bridgehead atoms. The molecule has 0 aromatic heterocycles. The quantitative estimate of drug-likeness (QED) is 0.453. The average Bonchev–Trinajstić information content (AvgIpc) is 2.23. The fourth-order valence-corrected chi connectivity index (χ4v) is 1.90. The maximum atomic E-state index is 10.9. The van der Waals surface area contributed by atoms with Crippen LogP contribution < -0.4 is 0 Å². The number of thioether (sulfide) groups is 1. The minimum absolute atomic E-state index is 0.137. The molecule has 0 aliphatic carbocycles. The molecule has 0 fully saturated rings. The van der Waals surface area contributed by atoms with E-state index >= 15 is 0 Å². The van der Waals surface area contributed by atoms with E-state index in [1.54, 1.807) is 11.8 Å². The topological polar surface area (TPSA) is 35.5 Å². The number of ether oxygens (including phenoxy) is 2. The van der Waals surface area contributed by atoms with Crippen molar-refractivity contribution in [1.29, 1.82) is 0 Å². The first-order valence-corrected chi connectivity index (χ1v) is 6.51. The standard InChI is InChI=1S/C11H22O3S/c1-4-5-6-14-7-8-15-10(2)9-11(12)13-3/h10H,4-9H2,1-3H3. The van der Waals surface area contributed by atoms with Crippen LogP contribution in [0.1, 0.15) is 33.1 Å². The van der Waals surface area contributed by atoms with Crippen LogP contribution in [0, 0.1) is 0 Å². The first-order valence-electron chi connectivity index (χ1n) is 5.46. The monoisotopic (exact) mass is 234 g/mol. The molecular formula is C11H22O3S. The van der Waals surface area contributed by atoms with Crippen molar-refractivity contribution in [2.75, 3.05) is 26.1 Å². The highest BCUT2D eigenvalue weighted by Gasteiger charge is 2.08. The molecule has 0 radical (unpaired) electrons. The Balaban J connectivity index is 3.23. The van der Waals surface area contributed by atoms with Gasteiger partial charge in [-0.15, -0.1) is 0 Å². The fraction of sp³-hybridized carbons (Fsp3) is 0.909. The Hall–Kier alpha value is -0.220. The minimum atomic E-state index is -0.137. The van der Waals surface area contributed by atoms with Crippen LogP contribution in [0.5, 0.6) is 0 Å². The molecule has 15 heavy (non-hydrogen) atoms. The van der Waals surface area contributed by atoms with Crippen LogP contribution in [0.2, 0.25) is 0 Å². The SMILES string of the molecule is CCCCOCCSC(C)CC(=O)OC. The molecule has 0 aromatic rings. The normalized spacial score (nSPS) is 12.5. The smallest absolute Gasteiger partial charge is 0.306 e. The number of unbranched alkanes of at least 4 members (excludes halogenated alkanes) is 1. The van der Waals surface area contributed by atoms with Gasteiger partial charge in [0.1, 0.15) is 0 Å². The molecule has 90 valence electrons. The second-order valence-corrected chi connectivity index (χ2v) is 4.97. The summed E-state index contributed by atoms with van der Waals surface area (Å²) in [4.78, 5) is 10.9. The van der Waals surface area contributed by atoms with Crippen molar-refractivity contribution in [3.05, 3.63) is 0 Å². The summed E-state index contributed by atoms with van der Waals surface area (Å²) < 4.78 is 10.0. The number of carbonyl (C=O) groups excluding carboxylic acids is 1. The van der Waals surface area contributed by atoms with Gasteiger partial charge in [-0.25, -0.2) is 0 Å². The maximum Gasteiger partial charge on any atom is 0.306 e. The predicted molar refractivity (Wildman–Crippen MR) is 64.3 cm³/mol. The highest BCUT2D eigenvalue weighted by atomic mass is 32.2. The zero-order valence-corrected chi connectivity index (χ0v) is 10.8. The van der Waals surface area contributed by atoms with Crippen molar-refractivity contribution in [3.63, 3.8) is 0 Å². The largest absolute Gasteiger partial charge is 0.469 e. The summed E-state index contributed by atoms with van der Waals surface area (Å²) in [6.07, 6.45) is 2.78. The summed E-state index contributed by atoms with van der Waals surface area (Å²) in [5.74, 6) is 0.809. The molecule has 0 amide bonds. The highest BCUT2D eigenvalue weighted by Crippen LogP contribution is 2.14. The van der Waals surface area contributed by atoms with E-state index in [1.807, 2.05) is 6.92 Å². The van der Waals surface area contributed by atoms with Gasteiger partial charge < -0.3 is 9.47 Å². The summed E-state index contributed by atoms with van der Waals surface area (Å²) in [5.41, 5.74) is 0. The van der Waals surface area contributed by atoms with Crippen molar-refractivity contribution in [1.82, 2.24) is 0 Å². The van der Waals surface area contributed by atoms with Gasteiger partial charge in [-0.2, -0.15) is 11.8 Å². The summed E-state index contributed by atoms with van der Waals surface area (Å²) in [7, 11) is 1.42. The zero-order valence-electron chi connectivity index (χ0n) is 9.95. The van der Waals surface area contributed by atoms with Gasteiger partial charge in [0.2, 0.25) is 0 Å². The van der Waals surface area contributed by atoms with Gasteiger partial charge in [-0.3, -0.25) is 4.79 Å². The first kappa shape index (κ1) is 14.8. The molecule has 0 saturated carbocycles. The fourth-order valence-electron chi connectivity index (χ4n) is 1.03. The van der Waals surface area contributed by atoms with Crippen LogP contribution in [0.25, 0.3) is 0 Å². The molecule has 0 rings (SSSR count). The van der Waals surface area contributed by atoms with Gasteiger partial charge in [0.25, 0.3) is 0 Å². The van der Waals surface area contributed by atoms with E-state index in [9.17, 15) is 4.79 Å². The van der Waals surface area contributed by atoms with Gasteiger partial charge in [-0.1, -0.05) is 20.3 Å². The second kappa shape index (κ2) is 10.3. The molecule has 0 spiro atoms. The molecule has 0 aliphatic rings. The third-order valence-corrected chi connectivity index (χ3v) is 3.09. The Bertz CT molecular complexity index is 162. The molecular weight excluding hydrogens is 212 g/mol. The Kier molecular flexibility index (Phi) is 10.2. The maximum absolute atomic E-state index is 10.9. The van der Waals surface area contributed by atoms with Crippen LogP contribution in [-0.4, -0.2) is 37.3 Å². The van der Waals surface area contributed by atoms with Crippen molar-refractivity contribution in [2.24, 2.45) is 0 Å². The second-order valence-electron chi connectivity index (χ2n) is 3.43. The molecule has 0 aromatic carbocycles. The van der Waals surface area contributed by atoms with Crippen molar-refractivity contribution in [3.8, 4) is 0 Å². The van der Waals surface area contributed by atoms with Gasteiger partial charge in [0.15, 0.2) is 0 Å². The van der Waals surface area contributed by atoms with Crippen LogP contribution in [-0.2, 0) is 14.3 Å². The molecule has 1 unspecified atom stereocenters. The minimum Gasteiger partial charge on any atom is -0.469 e. The van der Waals surface area contributed by atoms with E-state index in [2.05, 4.69) is 11.7 Å². The molecule has 3 nitrogen and oxygen atoms in total.